The number of amides is 3. The van der Waals surface area contributed by atoms with Crippen LogP contribution in [0.2, 0.25) is 0 Å². The average Bonchev–Trinajstić information content (AvgIpc) is 2.99. The number of hydrogen-bond donors (Lipinski definition) is 5. The number of aromatic hydroxyl groups is 1. The van der Waals surface area contributed by atoms with Gasteiger partial charge in [-0.05, 0) is 24.1 Å². The number of aryl methyl sites for hydroxylation is 1. The fourth-order valence-corrected chi connectivity index (χ4v) is 4.98. The van der Waals surface area contributed by atoms with Gasteiger partial charge in [-0.25, -0.2) is 9.59 Å². The first kappa shape index (κ1) is 30.7. The van der Waals surface area contributed by atoms with Gasteiger partial charge >= 0.3 is 12.0 Å². The molecule has 5 N–H and O–H groups in total. The number of para-hydroxylation sites is 1. The number of aliphatic carboxylic acids is 1. The Morgan fingerprint density at radius 2 is 1.74 bits per heavy atom. The summed E-state index contributed by atoms with van der Waals surface area (Å²) in [6.45, 7) is 1.72. The number of anilines is 3. The molecular weight excluding hydrogens is 558 g/mol. The van der Waals surface area contributed by atoms with Gasteiger partial charge in [0.05, 0.1) is 23.8 Å². The van der Waals surface area contributed by atoms with Gasteiger partial charge in [0.25, 0.3) is 17.0 Å². The molecule has 1 unspecified atom stereocenters. The number of nitrogens with one attached hydrogen (secondary N) is 3. The Bertz CT molecular complexity index is 1630. The zero-order valence-electron chi connectivity index (χ0n) is 24.3. The van der Waals surface area contributed by atoms with Gasteiger partial charge in [-0.15, -0.1) is 0 Å². The number of carbonyl (C=O) groups is 3. The fraction of sp³-hybridized carbons (Fsp3) is 0.345. The number of hydrogen-bond acceptors (Lipinski definition) is 8. The van der Waals surface area contributed by atoms with Gasteiger partial charge in [-0.3, -0.25) is 24.2 Å². The molecule has 2 atom stereocenters. The minimum absolute atomic E-state index is 0.0364. The smallest absolute Gasteiger partial charge is 0.328 e. The van der Waals surface area contributed by atoms with Gasteiger partial charge in [0, 0.05) is 34.2 Å². The summed E-state index contributed by atoms with van der Waals surface area (Å²) < 4.78 is 1.04. The highest BCUT2D eigenvalue weighted by atomic mass is 16.4. The zero-order chi connectivity index (χ0) is 31.4. The molecule has 0 bridgehead atoms. The summed E-state index contributed by atoms with van der Waals surface area (Å²) in [5, 5.41) is 29.4. The van der Waals surface area contributed by atoms with E-state index in [4.69, 9.17) is 0 Å². The Morgan fingerprint density at radius 1 is 1.05 bits per heavy atom. The number of carbonyl (C=O) groups excluding carboxylic acids is 2. The van der Waals surface area contributed by atoms with Crippen LogP contribution in [0.3, 0.4) is 0 Å². The highest BCUT2D eigenvalue weighted by Gasteiger charge is 2.38. The molecule has 4 rings (SSSR count). The minimum Gasteiger partial charge on any atom is -0.505 e. The molecule has 1 aromatic heterocycles. The summed E-state index contributed by atoms with van der Waals surface area (Å²) in [6.07, 6.45) is 0.590. The molecule has 3 aromatic rings. The van der Waals surface area contributed by atoms with Crippen LogP contribution < -0.4 is 21.8 Å². The van der Waals surface area contributed by atoms with Crippen molar-refractivity contribution in [3.05, 3.63) is 80.4 Å². The first-order valence-electron chi connectivity index (χ1n) is 13.7. The van der Waals surface area contributed by atoms with Gasteiger partial charge in [-0.1, -0.05) is 43.3 Å². The van der Waals surface area contributed by atoms with Gasteiger partial charge in [0.2, 0.25) is 0 Å². The first-order valence-corrected chi connectivity index (χ1v) is 13.7. The van der Waals surface area contributed by atoms with Crippen molar-refractivity contribution in [3.8, 4) is 5.75 Å². The molecule has 43 heavy (non-hydrogen) atoms. The average molecular weight is 594 g/mol. The number of piperazine rings is 1. The standard InChI is InChI=1S/C29H35N7O7/c1-5-19(17-10-7-6-8-11-17)30-23-22(25(38)32-34(4)27(23)40)31-20-13-9-12-18(24(20)37)26(39)36-15-14-35(29(43)33(2)3)16-21(36)28(41)42/h6-13,19,21,30-31,37H,5,14-16H2,1-4H3,(H,32,38)(H,41,42)/t19-,21?/m1/s1. The van der Waals surface area contributed by atoms with E-state index in [1.807, 2.05) is 37.3 Å². The van der Waals surface area contributed by atoms with E-state index in [0.717, 1.165) is 15.1 Å². The van der Waals surface area contributed by atoms with E-state index in [2.05, 4.69) is 15.7 Å². The Balaban J connectivity index is 1.67. The van der Waals surface area contributed by atoms with Crippen LogP contribution in [0.5, 0.6) is 5.75 Å². The highest BCUT2D eigenvalue weighted by molar-refractivity contribution is 6.01. The minimum atomic E-state index is -1.35. The number of phenols is 1. The molecule has 1 aliphatic rings. The number of nitrogens with zero attached hydrogens (tertiary/aromatic N) is 4. The molecule has 0 saturated carbocycles. The second-order valence-corrected chi connectivity index (χ2v) is 10.4. The summed E-state index contributed by atoms with van der Waals surface area (Å²) in [6, 6.07) is 11.6. The van der Waals surface area contributed by atoms with E-state index in [1.54, 1.807) is 14.1 Å². The lowest BCUT2D eigenvalue weighted by Crippen LogP contribution is -2.60. The largest absolute Gasteiger partial charge is 0.505 e. The van der Waals surface area contributed by atoms with E-state index in [-0.39, 0.29) is 54.3 Å². The number of phenolic OH excluding ortho intramolecular Hbond substituents is 1. The Labute approximate surface area is 247 Å². The lowest BCUT2D eigenvalue weighted by Gasteiger charge is -2.40. The predicted octanol–water partition coefficient (Wildman–Crippen LogP) is 1.98. The molecule has 1 fully saturated rings. The molecule has 1 aliphatic heterocycles. The van der Waals surface area contributed by atoms with E-state index in [1.165, 1.54) is 35.0 Å². The number of aromatic amines is 1. The monoisotopic (exact) mass is 593 g/mol. The maximum atomic E-state index is 13.6. The van der Waals surface area contributed by atoms with E-state index in [0.29, 0.717) is 6.42 Å². The van der Waals surface area contributed by atoms with Crippen molar-refractivity contribution >= 4 is 35.0 Å². The van der Waals surface area contributed by atoms with Crippen LogP contribution in [-0.4, -0.2) is 92.4 Å². The van der Waals surface area contributed by atoms with Crippen LogP contribution in [0.4, 0.5) is 21.9 Å². The van der Waals surface area contributed by atoms with Crippen LogP contribution in [0.25, 0.3) is 0 Å². The van der Waals surface area contributed by atoms with Crippen LogP contribution >= 0.6 is 0 Å². The molecule has 1 saturated heterocycles. The summed E-state index contributed by atoms with van der Waals surface area (Å²) in [4.78, 5) is 68.0. The number of urea groups is 1. The molecule has 2 heterocycles. The summed E-state index contributed by atoms with van der Waals surface area (Å²) in [7, 11) is 4.50. The third-order valence-electron chi connectivity index (χ3n) is 7.30. The molecule has 3 amide bonds. The predicted molar refractivity (Wildman–Crippen MR) is 160 cm³/mol. The van der Waals surface area contributed by atoms with Gasteiger partial charge in [0.1, 0.15) is 17.4 Å². The Hall–Kier alpha value is -5.27. The highest BCUT2D eigenvalue weighted by Crippen LogP contribution is 2.33. The lowest BCUT2D eigenvalue weighted by atomic mass is 10.0. The number of aromatic nitrogens is 2. The second-order valence-electron chi connectivity index (χ2n) is 10.4. The molecule has 0 radical (unpaired) electrons. The van der Waals surface area contributed by atoms with Crippen LogP contribution in [-0.2, 0) is 11.8 Å². The SMILES string of the molecule is CC[C@@H](Nc1c(Nc2cccc(C(=O)N3CCN(C(=O)N(C)C)CC3C(=O)O)c2O)c(=O)[nH]n(C)c1=O)c1ccccc1. The molecule has 0 aliphatic carbocycles. The first-order chi connectivity index (χ1) is 20.4. The van der Waals surface area contributed by atoms with Gasteiger partial charge in [0.15, 0.2) is 5.75 Å². The topological polar surface area (TPSA) is 180 Å². The Morgan fingerprint density at radius 3 is 2.37 bits per heavy atom. The number of carboxylic acid groups (broad SMARTS) is 1. The molecule has 228 valence electrons. The van der Waals surface area contributed by atoms with Crippen LogP contribution in [0, 0.1) is 0 Å². The maximum absolute atomic E-state index is 13.6. The molecular formula is C29H35N7O7. The third kappa shape index (κ3) is 6.32. The van der Waals surface area contributed by atoms with Crippen molar-refractivity contribution in [1.82, 2.24) is 24.5 Å². The zero-order valence-corrected chi connectivity index (χ0v) is 24.3. The Kier molecular flexibility index (Phi) is 9.07. The van der Waals surface area contributed by atoms with Crippen molar-refractivity contribution in [1.29, 1.82) is 0 Å². The van der Waals surface area contributed by atoms with Crippen molar-refractivity contribution in [2.45, 2.75) is 25.4 Å². The molecule has 2 aromatic carbocycles. The number of rotatable bonds is 8. The maximum Gasteiger partial charge on any atom is 0.328 e. The summed E-state index contributed by atoms with van der Waals surface area (Å²) >= 11 is 0. The van der Waals surface area contributed by atoms with Crippen LogP contribution in [0.15, 0.2) is 58.1 Å². The number of H-pyrrole nitrogens is 1. The van der Waals surface area contributed by atoms with Crippen molar-refractivity contribution in [2.75, 3.05) is 44.4 Å². The number of benzene rings is 2. The molecule has 0 spiro atoms. The normalized spacial score (nSPS) is 15.5. The molecule has 14 heteroatoms. The van der Waals surface area contributed by atoms with Crippen LogP contribution in [0.1, 0.15) is 35.3 Å². The van der Waals surface area contributed by atoms with Gasteiger partial charge < -0.3 is 35.5 Å². The summed E-state index contributed by atoms with van der Waals surface area (Å²) in [5.41, 5.74) is -0.756. The lowest BCUT2D eigenvalue weighted by molar-refractivity contribution is -0.144. The van der Waals surface area contributed by atoms with Crippen molar-refractivity contribution < 1.29 is 24.6 Å². The summed E-state index contributed by atoms with van der Waals surface area (Å²) in [5.74, 6) is -2.61. The van der Waals surface area contributed by atoms with E-state index >= 15 is 0 Å². The second kappa shape index (κ2) is 12.7. The quantitative estimate of drug-likeness (QED) is 0.244. The van der Waals surface area contributed by atoms with Crippen molar-refractivity contribution in [2.24, 2.45) is 7.05 Å². The fourth-order valence-electron chi connectivity index (χ4n) is 4.98. The number of carboxylic acids is 1. The van der Waals surface area contributed by atoms with Gasteiger partial charge in [-0.2, -0.15) is 0 Å². The van der Waals surface area contributed by atoms with E-state index in [9.17, 15) is 34.2 Å². The van der Waals surface area contributed by atoms with E-state index < -0.39 is 34.8 Å². The third-order valence-corrected chi connectivity index (χ3v) is 7.30. The van der Waals surface area contributed by atoms with Crippen molar-refractivity contribution in [3.63, 3.8) is 0 Å². The molecule has 14 nitrogen and oxygen atoms in total.